The zero-order valence-electron chi connectivity index (χ0n) is 21.2. The number of nitro benzene ring substituents is 1. The maximum atomic E-state index is 12.7. The van der Waals surface area contributed by atoms with Crippen molar-refractivity contribution >= 4 is 43.1 Å². The number of nitrogens with zero attached hydrogens (tertiary/aromatic N) is 4. The van der Waals surface area contributed by atoms with Crippen LogP contribution in [0.15, 0.2) is 133 Å². The Labute approximate surface area is 250 Å². The fourth-order valence-corrected chi connectivity index (χ4v) is 4.58. The van der Waals surface area contributed by atoms with Gasteiger partial charge in [0.05, 0.1) is 15.3 Å². The molecule has 0 fully saturated rings. The normalized spacial score (nSPS) is 10.2. The van der Waals surface area contributed by atoms with E-state index in [0.717, 1.165) is 22.9 Å². The molecule has 6 rings (SSSR count). The first-order valence-electron chi connectivity index (χ1n) is 11.8. The molecule has 0 saturated heterocycles. The van der Waals surface area contributed by atoms with Gasteiger partial charge in [0.1, 0.15) is 10.0 Å². The minimum absolute atomic E-state index is 0. The van der Waals surface area contributed by atoms with E-state index < -0.39 is 14.9 Å². The summed E-state index contributed by atoms with van der Waals surface area (Å²) in [7, 11) is -4.04. The Balaban J connectivity index is 0.000000271. The minimum atomic E-state index is -4.04. The fourth-order valence-electron chi connectivity index (χ4n) is 3.58. The number of pyridine rings is 2. The molecule has 0 amide bonds. The number of aromatic nitrogens is 2. The molecule has 0 aliphatic heterocycles. The van der Waals surface area contributed by atoms with Crippen molar-refractivity contribution in [3.63, 3.8) is 0 Å². The number of hydrogen-bond acceptors (Lipinski definition) is 7. The Hall–Kier alpha value is -4.69. The Morgan fingerprint density at radius 2 is 1.44 bits per heavy atom. The molecule has 0 unspecified atom stereocenters. The smallest absolute Gasteiger partial charge is 0.572 e. The summed E-state index contributed by atoms with van der Waals surface area (Å²) in [5.74, 6) is 0.291. The number of non-ortho nitro benzene ring substituents is 1. The van der Waals surface area contributed by atoms with Crippen molar-refractivity contribution in [2.45, 2.75) is 4.90 Å². The second-order valence-corrected chi connectivity index (χ2v) is 9.72. The Morgan fingerprint density at radius 1 is 0.780 bits per heavy atom. The number of rotatable bonds is 4. The van der Waals surface area contributed by atoms with Crippen molar-refractivity contribution in [2.24, 2.45) is 0 Å². The molecular weight excluding hydrogens is 635 g/mol. The topological polar surface area (TPSA) is 137 Å². The van der Waals surface area contributed by atoms with Gasteiger partial charge >= 0.3 is 20.4 Å². The van der Waals surface area contributed by atoms with Crippen LogP contribution in [-0.2, 0) is 30.4 Å². The second-order valence-electron chi connectivity index (χ2n) is 8.12. The first kappa shape index (κ1) is 30.8. The molecule has 0 aliphatic rings. The molecule has 0 radical (unpaired) electrons. The molecule has 0 atom stereocenters. The summed E-state index contributed by atoms with van der Waals surface area (Å²) in [5, 5.41) is 21.7. The van der Waals surface area contributed by atoms with E-state index >= 15 is 0 Å². The molecule has 0 aliphatic carbocycles. The summed E-state index contributed by atoms with van der Waals surface area (Å²) in [4.78, 5) is 18.2. The van der Waals surface area contributed by atoms with Crippen LogP contribution >= 0.6 is 0 Å². The number of sulfonamides is 1. The fraction of sp³-hybridized carbons (Fsp3) is 0. The predicted octanol–water partition coefficient (Wildman–Crippen LogP) is 6.96. The monoisotopic (exact) mass is 656 g/mol. The molecule has 0 bridgehead atoms. The van der Waals surface area contributed by atoms with Crippen molar-refractivity contribution in [1.29, 1.82) is 0 Å². The standard InChI is InChI=1S/C19H12N3O4S.C6H5O.C5H5N.Pd/c23-22(24)15-8-10-16(11-9-15)27(25,26)21-17-5-1-3-13-6-7-14-4-2-12-20-19(14)18(13)17;7-6-4-2-1-3-5-6;1-2-4-6-5-3-1;/h1-12H;2-5,7H;1-5H;/q2*-1;;+2. The molecule has 208 valence electrons. The molecular formula is C30H22N4O5PdS. The summed E-state index contributed by atoms with van der Waals surface area (Å²) >= 11 is 0. The number of benzene rings is 4. The van der Waals surface area contributed by atoms with Crippen LogP contribution in [0.1, 0.15) is 0 Å². The average molecular weight is 657 g/mol. The van der Waals surface area contributed by atoms with E-state index in [2.05, 4.69) is 20.8 Å². The quantitative estimate of drug-likeness (QED) is 0.0712. The van der Waals surface area contributed by atoms with E-state index in [1.807, 2.05) is 48.5 Å². The van der Waals surface area contributed by atoms with E-state index in [1.54, 1.807) is 55.0 Å². The summed E-state index contributed by atoms with van der Waals surface area (Å²) < 4.78 is 29.4. The van der Waals surface area contributed by atoms with Crippen molar-refractivity contribution in [2.75, 3.05) is 0 Å². The molecule has 6 aromatic rings. The molecule has 0 spiro atoms. The molecule has 1 N–H and O–H groups in total. The van der Waals surface area contributed by atoms with Gasteiger partial charge in [-0.2, -0.15) is 18.2 Å². The summed E-state index contributed by atoms with van der Waals surface area (Å²) in [6, 6.07) is 32.3. The summed E-state index contributed by atoms with van der Waals surface area (Å²) in [6.45, 7) is 0. The van der Waals surface area contributed by atoms with Gasteiger partial charge < -0.3 is 9.83 Å². The Kier molecular flexibility index (Phi) is 11.0. The molecule has 0 saturated carbocycles. The van der Waals surface area contributed by atoms with Gasteiger partial charge in [-0.1, -0.05) is 42.5 Å². The number of nitro groups is 1. The molecule has 2 aromatic heterocycles. The van der Waals surface area contributed by atoms with Gasteiger partial charge in [-0.15, -0.1) is 17.8 Å². The number of hydrogen-bond donors (Lipinski definition) is 1. The SMILES string of the molecule is O=[N+]([O-])c1ccc(S(=O)(=O)[N-]c2cccc3ccc4cccnc4c23)cc1.Oc1cc[c-]cc1.[Pd+2].c1ccncc1. The summed E-state index contributed by atoms with van der Waals surface area (Å²) in [5.41, 5.74) is 0.748. The molecule has 4 aromatic carbocycles. The van der Waals surface area contributed by atoms with Crippen LogP contribution in [-0.4, -0.2) is 28.4 Å². The maximum Gasteiger partial charge on any atom is 2.00 e. The first-order chi connectivity index (χ1) is 19.3. The largest absolute Gasteiger partial charge is 2.00 e. The van der Waals surface area contributed by atoms with Gasteiger partial charge in [0.15, 0.2) is 0 Å². The average Bonchev–Trinajstić information content (AvgIpc) is 2.99. The van der Waals surface area contributed by atoms with Gasteiger partial charge in [0.2, 0.25) is 0 Å². The molecule has 11 heteroatoms. The first-order valence-corrected chi connectivity index (χ1v) is 13.3. The van der Waals surface area contributed by atoms with Gasteiger partial charge in [-0.25, -0.2) is 8.42 Å². The molecule has 9 nitrogen and oxygen atoms in total. The zero-order chi connectivity index (χ0) is 28.4. The zero-order valence-corrected chi connectivity index (χ0v) is 23.6. The van der Waals surface area contributed by atoms with E-state index in [-0.39, 0.29) is 36.7 Å². The van der Waals surface area contributed by atoms with Crippen LogP contribution in [0.3, 0.4) is 0 Å². The van der Waals surface area contributed by atoms with Crippen molar-refractivity contribution in [1.82, 2.24) is 9.97 Å². The third-order valence-corrected chi connectivity index (χ3v) is 6.73. The van der Waals surface area contributed by atoms with Crippen molar-refractivity contribution in [3.8, 4) is 5.75 Å². The van der Waals surface area contributed by atoms with Crippen molar-refractivity contribution in [3.05, 3.63) is 149 Å². The molecule has 41 heavy (non-hydrogen) atoms. The van der Waals surface area contributed by atoms with E-state index in [9.17, 15) is 18.5 Å². The predicted molar refractivity (Wildman–Crippen MR) is 154 cm³/mol. The van der Waals surface area contributed by atoms with Crippen LogP contribution in [0, 0.1) is 16.2 Å². The second kappa shape index (κ2) is 14.6. The number of aromatic hydroxyl groups is 1. The number of phenolic OH excluding ortho intramolecular Hbond substituents is 1. The van der Waals surface area contributed by atoms with E-state index in [4.69, 9.17) is 5.11 Å². The number of phenols is 1. The minimum Gasteiger partial charge on any atom is -0.572 e. The Bertz CT molecular complexity index is 1800. The maximum absolute atomic E-state index is 12.7. The Morgan fingerprint density at radius 3 is 2.00 bits per heavy atom. The van der Waals surface area contributed by atoms with Gasteiger partial charge in [0.25, 0.3) is 5.69 Å². The van der Waals surface area contributed by atoms with E-state index in [1.165, 1.54) is 12.1 Å². The van der Waals surface area contributed by atoms with Crippen LogP contribution < -0.4 is 0 Å². The van der Waals surface area contributed by atoms with Crippen LogP contribution in [0.5, 0.6) is 5.75 Å². The third-order valence-electron chi connectivity index (χ3n) is 5.42. The van der Waals surface area contributed by atoms with Crippen molar-refractivity contribution < 1.29 is 38.9 Å². The van der Waals surface area contributed by atoms with Gasteiger partial charge in [0, 0.05) is 41.9 Å². The van der Waals surface area contributed by atoms with Crippen LogP contribution in [0.4, 0.5) is 11.4 Å². The van der Waals surface area contributed by atoms with Gasteiger partial charge in [-0.3, -0.25) is 20.1 Å². The van der Waals surface area contributed by atoms with Gasteiger partial charge in [-0.05, 0) is 41.1 Å². The van der Waals surface area contributed by atoms with E-state index in [0.29, 0.717) is 16.7 Å². The van der Waals surface area contributed by atoms with Crippen LogP contribution in [0.2, 0.25) is 0 Å². The molecule has 2 heterocycles. The van der Waals surface area contributed by atoms with Crippen LogP contribution in [0.25, 0.3) is 26.4 Å². The third kappa shape index (κ3) is 8.40. The number of fused-ring (bicyclic) bond motifs is 3. The summed E-state index contributed by atoms with van der Waals surface area (Å²) in [6.07, 6.45) is 5.14.